The molecule has 0 aliphatic heterocycles. The maximum Gasteiger partial charge on any atom is 0.228 e. The van der Waals surface area contributed by atoms with Gasteiger partial charge in [0.2, 0.25) is 11.8 Å². The summed E-state index contributed by atoms with van der Waals surface area (Å²) in [6.07, 6.45) is 4.90. The van der Waals surface area contributed by atoms with E-state index < -0.39 is 0 Å². The standard InChI is InChI=1S/C37H42N2O2/c1-5-30-20-28(21-31(6-2)36(30)38-34(40)24-26-15-11-9-12-16-26)19-29-22-32(7-3)37(33(8-4)23-29)39-35(41)25-27-17-13-10-14-18-27/h9-18,20-23H,5-8,19,24-25H2,1-4H3,(H,38,40)(H,39,41). The third kappa shape index (κ3) is 7.94. The molecule has 2 amide bonds. The van der Waals surface area contributed by atoms with Gasteiger partial charge in [0.1, 0.15) is 0 Å². The van der Waals surface area contributed by atoms with Crippen molar-refractivity contribution in [2.24, 2.45) is 0 Å². The summed E-state index contributed by atoms with van der Waals surface area (Å²) in [5.74, 6) is 0.0249. The van der Waals surface area contributed by atoms with Gasteiger partial charge in [0.15, 0.2) is 0 Å². The Morgan fingerprint density at radius 3 is 1.10 bits per heavy atom. The van der Waals surface area contributed by atoms with Gasteiger partial charge in [-0.3, -0.25) is 9.59 Å². The molecule has 0 aliphatic rings. The highest BCUT2D eigenvalue weighted by atomic mass is 16.2. The number of aryl methyl sites for hydroxylation is 4. The van der Waals surface area contributed by atoms with Crippen LogP contribution in [-0.4, -0.2) is 11.8 Å². The highest BCUT2D eigenvalue weighted by Crippen LogP contribution is 2.30. The lowest BCUT2D eigenvalue weighted by Gasteiger charge is -2.19. The van der Waals surface area contributed by atoms with Crippen molar-refractivity contribution in [3.63, 3.8) is 0 Å². The lowest BCUT2D eigenvalue weighted by Crippen LogP contribution is -2.17. The quantitative estimate of drug-likeness (QED) is 0.190. The van der Waals surface area contributed by atoms with E-state index in [1.165, 1.54) is 11.1 Å². The van der Waals surface area contributed by atoms with Crippen LogP contribution in [-0.2, 0) is 54.5 Å². The summed E-state index contributed by atoms with van der Waals surface area (Å²) < 4.78 is 0. The van der Waals surface area contributed by atoms with Crippen molar-refractivity contribution in [2.45, 2.75) is 72.6 Å². The molecule has 0 aliphatic carbocycles. The normalized spacial score (nSPS) is 10.8. The number of anilines is 2. The zero-order chi connectivity index (χ0) is 29.2. The zero-order valence-corrected chi connectivity index (χ0v) is 24.8. The average Bonchev–Trinajstić information content (AvgIpc) is 2.99. The monoisotopic (exact) mass is 546 g/mol. The van der Waals surface area contributed by atoms with Gasteiger partial charge in [-0.15, -0.1) is 0 Å². The number of carbonyl (C=O) groups excluding carboxylic acids is 2. The first-order valence-corrected chi connectivity index (χ1v) is 14.9. The van der Waals surface area contributed by atoms with Crippen LogP contribution in [0.15, 0.2) is 84.9 Å². The molecule has 0 saturated carbocycles. The number of hydrogen-bond donors (Lipinski definition) is 2. The SMILES string of the molecule is CCc1cc(Cc2cc(CC)c(NC(=O)Cc3ccccc3)c(CC)c2)cc(CC)c1NC(=O)Cc1ccccc1. The first-order valence-electron chi connectivity index (χ1n) is 14.9. The summed E-state index contributed by atoms with van der Waals surface area (Å²) in [7, 11) is 0. The van der Waals surface area contributed by atoms with E-state index in [1.807, 2.05) is 60.7 Å². The van der Waals surface area contributed by atoms with E-state index in [0.29, 0.717) is 12.8 Å². The predicted molar refractivity (Wildman–Crippen MR) is 171 cm³/mol. The fourth-order valence-electron chi connectivity index (χ4n) is 5.49. The van der Waals surface area contributed by atoms with E-state index in [2.05, 4.69) is 62.6 Å². The van der Waals surface area contributed by atoms with Crippen molar-refractivity contribution in [1.82, 2.24) is 0 Å². The van der Waals surface area contributed by atoms with Crippen molar-refractivity contribution in [1.29, 1.82) is 0 Å². The zero-order valence-electron chi connectivity index (χ0n) is 24.8. The van der Waals surface area contributed by atoms with Gasteiger partial charge in [0.05, 0.1) is 12.8 Å². The Kier molecular flexibility index (Phi) is 10.5. The Hall–Kier alpha value is -4.18. The largest absolute Gasteiger partial charge is 0.325 e. The Morgan fingerprint density at radius 1 is 0.488 bits per heavy atom. The molecule has 0 spiro atoms. The van der Waals surface area contributed by atoms with Crippen LogP contribution < -0.4 is 10.6 Å². The van der Waals surface area contributed by atoms with Crippen molar-refractivity contribution < 1.29 is 9.59 Å². The van der Waals surface area contributed by atoms with E-state index in [0.717, 1.165) is 76.9 Å². The molecule has 0 bridgehead atoms. The molecule has 0 fully saturated rings. The predicted octanol–water partition coefficient (Wildman–Crippen LogP) is 7.89. The number of amides is 2. The molecule has 41 heavy (non-hydrogen) atoms. The molecule has 2 N–H and O–H groups in total. The number of carbonyl (C=O) groups is 2. The van der Waals surface area contributed by atoms with Gasteiger partial charge in [0.25, 0.3) is 0 Å². The minimum atomic E-state index is 0.0124. The summed E-state index contributed by atoms with van der Waals surface area (Å²) in [5, 5.41) is 6.44. The van der Waals surface area contributed by atoms with Gasteiger partial charge in [-0.1, -0.05) is 113 Å². The first-order chi connectivity index (χ1) is 19.9. The minimum Gasteiger partial charge on any atom is -0.325 e. The fourth-order valence-corrected chi connectivity index (χ4v) is 5.49. The topological polar surface area (TPSA) is 58.2 Å². The van der Waals surface area contributed by atoms with Crippen molar-refractivity contribution in [2.75, 3.05) is 10.6 Å². The highest BCUT2D eigenvalue weighted by molar-refractivity contribution is 5.94. The van der Waals surface area contributed by atoms with Crippen LogP contribution in [0.3, 0.4) is 0 Å². The molecule has 0 radical (unpaired) electrons. The number of nitrogens with one attached hydrogen (secondary N) is 2. The fraction of sp³-hybridized carbons (Fsp3) is 0.297. The summed E-state index contributed by atoms with van der Waals surface area (Å²) in [6.45, 7) is 8.57. The molecule has 0 atom stereocenters. The minimum absolute atomic E-state index is 0.0124. The van der Waals surface area contributed by atoms with Crippen LogP contribution in [0.2, 0.25) is 0 Å². The smallest absolute Gasteiger partial charge is 0.228 e. The average molecular weight is 547 g/mol. The summed E-state index contributed by atoms with van der Waals surface area (Å²) in [6, 6.07) is 28.7. The van der Waals surface area contributed by atoms with E-state index in [1.54, 1.807) is 0 Å². The summed E-state index contributed by atoms with van der Waals surface area (Å²) in [4.78, 5) is 25.8. The van der Waals surface area contributed by atoms with Crippen LogP contribution in [0.25, 0.3) is 0 Å². The van der Waals surface area contributed by atoms with E-state index in [9.17, 15) is 9.59 Å². The van der Waals surface area contributed by atoms with Crippen molar-refractivity contribution >= 4 is 23.2 Å². The maximum atomic E-state index is 12.9. The van der Waals surface area contributed by atoms with Crippen LogP contribution in [0.1, 0.15) is 72.2 Å². The third-order valence-corrected chi connectivity index (χ3v) is 7.60. The molecule has 4 nitrogen and oxygen atoms in total. The van der Waals surface area contributed by atoms with Gasteiger partial charge in [-0.2, -0.15) is 0 Å². The molecule has 0 unspecified atom stereocenters. The third-order valence-electron chi connectivity index (χ3n) is 7.60. The van der Waals surface area contributed by atoms with Crippen molar-refractivity contribution in [3.8, 4) is 0 Å². The van der Waals surface area contributed by atoms with Crippen LogP contribution in [0.5, 0.6) is 0 Å². The van der Waals surface area contributed by atoms with E-state index in [-0.39, 0.29) is 11.8 Å². The molecule has 0 aromatic heterocycles. The van der Waals surface area contributed by atoms with Crippen LogP contribution >= 0.6 is 0 Å². The first kappa shape index (κ1) is 29.8. The molecule has 4 aromatic carbocycles. The van der Waals surface area contributed by atoms with Gasteiger partial charge in [0, 0.05) is 11.4 Å². The molecule has 0 saturated heterocycles. The Balaban J connectivity index is 1.55. The molecular formula is C37H42N2O2. The van der Waals surface area contributed by atoms with Gasteiger partial charge >= 0.3 is 0 Å². The Bertz CT molecular complexity index is 1310. The Morgan fingerprint density at radius 2 is 0.805 bits per heavy atom. The maximum absolute atomic E-state index is 12.9. The molecule has 0 heterocycles. The number of hydrogen-bond acceptors (Lipinski definition) is 2. The van der Waals surface area contributed by atoms with Crippen LogP contribution in [0.4, 0.5) is 11.4 Å². The van der Waals surface area contributed by atoms with Gasteiger partial charge in [-0.05, 0) is 76.6 Å². The molecular weight excluding hydrogens is 504 g/mol. The Labute approximate surface area is 245 Å². The number of benzene rings is 4. The highest BCUT2D eigenvalue weighted by Gasteiger charge is 2.16. The lowest BCUT2D eigenvalue weighted by molar-refractivity contribution is -0.116. The summed E-state index contributed by atoms with van der Waals surface area (Å²) in [5.41, 5.74) is 11.1. The van der Waals surface area contributed by atoms with Gasteiger partial charge in [-0.25, -0.2) is 0 Å². The second-order valence-corrected chi connectivity index (χ2v) is 10.6. The summed E-state index contributed by atoms with van der Waals surface area (Å²) >= 11 is 0. The second kappa shape index (κ2) is 14.5. The van der Waals surface area contributed by atoms with E-state index in [4.69, 9.17) is 0 Å². The molecule has 212 valence electrons. The second-order valence-electron chi connectivity index (χ2n) is 10.6. The molecule has 4 heteroatoms. The van der Waals surface area contributed by atoms with E-state index >= 15 is 0 Å². The van der Waals surface area contributed by atoms with Crippen LogP contribution in [0, 0.1) is 0 Å². The molecule has 4 aromatic rings. The number of rotatable bonds is 12. The molecule has 4 rings (SSSR count). The van der Waals surface area contributed by atoms with Crippen molar-refractivity contribution in [3.05, 3.63) is 129 Å². The van der Waals surface area contributed by atoms with Gasteiger partial charge < -0.3 is 10.6 Å². The lowest BCUT2D eigenvalue weighted by atomic mass is 9.92.